The number of piperidine rings is 1. The molecule has 0 bridgehead atoms. The lowest BCUT2D eigenvalue weighted by Gasteiger charge is -2.26. The summed E-state index contributed by atoms with van der Waals surface area (Å²) in [7, 11) is 3.36. The standard InChI is InChI=1S/C28H24F4N6O3S/c1-36-21(39)10-20(16-8-9-33-11-19(16)29)34-26(36)37(2)22-17-12-38(13-18(17)22)27-35-24(28(30,31)32)23(42-27)25(40)41-14-15-6-4-3-5-7-15/h3-11,17-18,22H,12-14H2,1-2H3/t17-,18+,22+. The number of rotatable bonds is 7. The number of thiazole rings is 1. The highest BCUT2D eigenvalue weighted by Crippen LogP contribution is 2.51. The van der Waals surface area contributed by atoms with Crippen LogP contribution >= 0.6 is 11.3 Å². The summed E-state index contributed by atoms with van der Waals surface area (Å²) in [6.07, 6.45) is -2.36. The van der Waals surface area contributed by atoms with Gasteiger partial charge in [-0.2, -0.15) is 13.2 Å². The number of halogens is 4. The van der Waals surface area contributed by atoms with Crippen molar-refractivity contribution in [2.24, 2.45) is 18.9 Å². The summed E-state index contributed by atoms with van der Waals surface area (Å²) in [5, 5.41) is 0.100. The summed E-state index contributed by atoms with van der Waals surface area (Å²) in [5.41, 5.74) is -0.625. The molecule has 0 unspecified atom stereocenters. The number of pyridine rings is 1. The smallest absolute Gasteiger partial charge is 0.435 e. The number of hydrogen-bond acceptors (Lipinski definition) is 9. The molecule has 42 heavy (non-hydrogen) atoms. The second-order valence-corrected chi connectivity index (χ2v) is 11.2. The van der Waals surface area contributed by atoms with E-state index in [4.69, 9.17) is 4.74 Å². The monoisotopic (exact) mass is 600 g/mol. The van der Waals surface area contributed by atoms with Crippen molar-refractivity contribution in [2.45, 2.75) is 18.8 Å². The van der Waals surface area contributed by atoms with Crippen LogP contribution in [0.15, 0.2) is 59.7 Å². The van der Waals surface area contributed by atoms with Gasteiger partial charge in [-0.25, -0.2) is 19.2 Å². The second kappa shape index (κ2) is 10.5. The van der Waals surface area contributed by atoms with E-state index in [0.717, 1.165) is 6.20 Å². The van der Waals surface area contributed by atoms with Crippen molar-refractivity contribution in [1.29, 1.82) is 0 Å². The first-order chi connectivity index (χ1) is 20.0. The number of esters is 1. The Balaban J connectivity index is 1.18. The van der Waals surface area contributed by atoms with E-state index >= 15 is 0 Å². The molecule has 1 saturated carbocycles. The summed E-state index contributed by atoms with van der Waals surface area (Å²) in [6, 6.07) is 11.4. The van der Waals surface area contributed by atoms with E-state index < -0.39 is 28.5 Å². The molecule has 0 N–H and O–H groups in total. The zero-order valence-corrected chi connectivity index (χ0v) is 23.2. The lowest BCUT2D eigenvalue weighted by molar-refractivity contribution is -0.141. The number of hydrogen-bond donors (Lipinski definition) is 0. The Hall–Kier alpha value is -4.33. The average molecular weight is 601 g/mol. The van der Waals surface area contributed by atoms with Gasteiger partial charge in [-0.05, 0) is 11.6 Å². The minimum absolute atomic E-state index is 0.0331. The molecular formula is C28H24F4N6O3S. The molecule has 2 aliphatic rings. The molecule has 1 aromatic carbocycles. The molecule has 9 nitrogen and oxygen atoms in total. The largest absolute Gasteiger partial charge is 0.457 e. The van der Waals surface area contributed by atoms with Gasteiger partial charge < -0.3 is 14.5 Å². The Morgan fingerprint density at radius 3 is 2.52 bits per heavy atom. The minimum Gasteiger partial charge on any atom is -0.457 e. The fourth-order valence-electron chi connectivity index (χ4n) is 5.49. The zero-order chi connectivity index (χ0) is 29.8. The first-order valence-corrected chi connectivity index (χ1v) is 13.8. The number of aromatic nitrogens is 4. The van der Waals surface area contributed by atoms with Crippen molar-refractivity contribution >= 4 is 28.4 Å². The predicted molar refractivity (Wildman–Crippen MR) is 147 cm³/mol. The lowest BCUT2D eigenvalue weighted by atomic mass is 10.2. The van der Waals surface area contributed by atoms with E-state index in [2.05, 4.69) is 15.0 Å². The van der Waals surface area contributed by atoms with E-state index in [1.807, 2.05) is 4.90 Å². The van der Waals surface area contributed by atoms with Crippen molar-refractivity contribution in [3.05, 3.63) is 87.2 Å². The van der Waals surface area contributed by atoms with Crippen molar-refractivity contribution < 1.29 is 27.1 Å². The number of alkyl halides is 3. The number of anilines is 2. The Bertz CT molecular complexity index is 1700. The number of fused-ring (bicyclic) bond motifs is 1. The van der Waals surface area contributed by atoms with Crippen LogP contribution in [0.25, 0.3) is 11.3 Å². The second-order valence-electron chi connectivity index (χ2n) is 10.3. The maximum absolute atomic E-state index is 14.3. The van der Waals surface area contributed by atoms with Crippen LogP contribution in [0.4, 0.5) is 28.6 Å². The van der Waals surface area contributed by atoms with Crippen LogP contribution in [0.2, 0.25) is 0 Å². The van der Waals surface area contributed by atoms with E-state index in [0.29, 0.717) is 35.9 Å². The molecule has 6 rings (SSSR count). The van der Waals surface area contributed by atoms with Gasteiger partial charge in [0.05, 0.1) is 11.9 Å². The molecule has 1 aliphatic heterocycles. The summed E-state index contributed by atoms with van der Waals surface area (Å²) >= 11 is 0.669. The zero-order valence-electron chi connectivity index (χ0n) is 22.4. The number of ether oxygens (including phenoxy) is 1. The fraction of sp³-hybridized carbons (Fsp3) is 0.321. The van der Waals surface area contributed by atoms with E-state index in [9.17, 15) is 27.2 Å². The third-order valence-electron chi connectivity index (χ3n) is 7.62. The first-order valence-electron chi connectivity index (χ1n) is 13.0. The molecule has 14 heteroatoms. The Morgan fingerprint density at radius 2 is 1.86 bits per heavy atom. The van der Waals surface area contributed by atoms with Gasteiger partial charge in [-0.15, -0.1) is 0 Å². The van der Waals surface area contributed by atoms with Gasteiger partial charge in [0.15, 0.2) is 16.6 Å². The summed E-state index contributed by atoms with van der Waals surface area (Å²) in [6.45, 7) is 0.669. The normalized spacial score (nSPS) is 19.5. The average Bonchev–Trinajstić information content (AvgIpc) is 3.28. The van der Waals surface area contributed by atoms with Crippen LogP contribution in [-0.2, 0) is 24.6 Å². The molecule has 0 radical (unpaired) electrons. The lowest BCUT2D eigenvalue weighted by Crippen LogP contribution is -2.36. The first kappa shape index (κ1) is 27.8. The molecule has 3 atom stereocenters. The number of benzene rings is 1. The molecule has 1 saturated heterocycles. The number of nitrogens with zero attached hydrogens (tertiary/aromatic N) is 6. The maximum Gasteiger partial charge on any atom is 0.435 e. The third kappa shape index (κ3) is 5.10. The van der Waals surface area contributed by atoms with E-state index in [1.54, 1.807) is 49.3 Å². The molecule has 3 aromatic heterocycles. The van der Waals surface area contributed by atoms with Gasteiger partial charge in [0.25, 0.3) is 5.56 Å². The van der Waals surface area contributed by atoms with Crippen molar-refractivity contribution in [2.75, 3.05) is 29.9 Å². The Labute approximate surface area is 241 Å². The summed E-state index contributed by atoms with van der Waals surface area (Å²) < 4.78 is 62.3. The maximum atomic E-state index is 14.3. The van der Waals surface area contributed by atoms with Crippen LogP contribution < -0.4 is 15.4 Å². The van der Waals surface area contributed by atoms with Crippen molar-refractivity contribution in [1.82, 2.24) is 19.5 Å². The van der Waals surface area contributed by atoms with E-state index in [-0.39, 0.29) is 46.4 Å². The molecule has 1 aliphatic carbocycles. The molecule has 0 amide bonds. The van der Waals surface area contributed by atoms with Gasteiger partial charge in [-0.1, -0.05) is 41.7 Å². The number of carbonyl (C=O) groups excluding carboxylic acids is 1. The predicted octanol–water partition coefficient (Wildman–Crippen LogP) is 4.38. The van der Waals surface area contributed by atoms with Gasteiger partial charge in [-0.3, -0.25) is 14.3 Å². The van der Waals surface area contributed by atoms with Crippen molar-refractivity contribution in [3.8, 4) is 11.3 Å². The SMILES string of the molecule is CN(c1nc(-c2ccncc2F)cc(=O)n1C)[C@H]1[C@@H]2CN(c3nc(C(F)(F)F)c(C(=O)OCc4ccccc4)s3)C[C@@H]21. The molecule has 0 spiro atoms. The molecule has 4 aromatic rings. The third-order valence-corrected chi connectivity index (χ3v) is 8.72. The quantitative estimate of drug-likeness (QED) is 0.228. The molecular weight excluding hydrogens is 576 g/mol. The van der Waals surface area contributed by atoms with Crippen LogP contribution in [0.1, 0.15) is 20.9 Å². The van der Waals surface area contributed by atoms with Gasteiger partial charge in [0, 0.05) is 62.9 Å². The van der Waals surface area contributed by atoms with Crippen LogP contribution in [0.3, 0.4) is 0 Å². The van der Waals surface area contributed by atoms with Gasteiger partial charge >= 0.3 is 12.1 Å². The van der Waals surface area contributed by atoms with Gasteiger partial charge in [0.1, 0.15) is 11.5 Å². The molecule has 218 valence electrons. The molecule has 2 fully saturated rings. The highest BCUT2D eigenvalue weighted by atomic mass is 32.1. The topological polar surface area (TPSA) is 93.5 Å². The molecule has 4 heterocycles. The van der Waals surface area contributed by atoms with Crippen LogP contribution in [0, 0.1) is 17.7 Å². The van der Waals surface area contributed by atoms with E-state index in [1.165, 1.54) is 22.9 Å². The highest BCUT2D eigenvalue weighted by Gasteiger charge is 2.59. The summed E-state index contributed by atoms with van der Waals surface area (Å²) in [5.74, 6) is -1.19. The highest BCUT2D eigenvalue weighted by molar-refractivity contribution is 7.17. The minimum atomic E-state index is -4.82. The fourth-order valence-corrected chi connectivity index (χ4v) is 6.48. The van der Waals surface area contributed by atoms with Crippen LogP contribution in [0.5, 0.6) is 0 Å². The number of carbonyl (C=O) groups is 1. The van der Waals surface area contributed by atoms with Crippen LogP contribution in [-0.4, -0.2) is 51.7 Å². The van der Waals surface area contributed by atoms with Gasteiger partial charge in [0.2, 0.25) is 5.95 Å². The Morgan fingerprint density at radius 1 is 1.14 bits per heavy atom. The summed E-state index contributed by atoms with van der Waals surface area (Å²) in [4.78, 5) is 40.4. The Kier molecular flexibility index (Phi) is 6.95. The van der Waals surface area contributed by atoms with Crippen molar-refractivity contribution in [3.63, 3.8) is 0 Å².